The molecule has 0 spiro atoms. The maximum absolute atomic E-state index is 13.5. The van der Waals surface area contributed by atoms with Gasteiger partial charge in [0.25, 0.3) is 5.91 Å². The zero-order valence-corrected chi connectivity index (χ0v) is 28.0. The minimum Gasteiger partial charge on any atom is -0.457 e. The highest BCUT2D eigenvalue weighted by atomic mass is 32.2. The van der Waals surface area contributed by atoms with Gasteiger partial charge >= 0.3 is 0 Å². The molecule has 0 bridgehead atoms. The fourth-order valence-corrected chi connectivity index (χ4v) is 7.71. The van der Waals surface area contributed by atoms with E-state index >= 15 is 0 Å². The summed E-state index contributed by atoms with van der Waals surface area (Å²) in [5.74, 6) is 0.983. The third kappa shape index (κ3) is 7.58. The lowest BCUT2D eigenvalue weighted by Gasteiger charge is -2.26. The second kappa shape index (κ2) is 13.9. The Bertz CT molecular complexity index is 2080. The van der Waals surface area contributed by atoms with E-state index in [-0.39, 0.29) is 23.4 Å². The average molecular weight is 682 g/mol. The minimum atomic E-state index is -3.78. The van der Waals surface area contributed by atoms with Crippen molar-refractivity contribution in [2.75, 3.05) is 11.1 Å². The lowest BCUT2D eigenvalue weighted by Crippen LogP contribution is -2.36. The van der Waals surface area contributed by atoms with Gasteiger partial charge in [0, 0.05) is 40.0 Å². The topological polar surface area (TPSA) is 128 Å². The monoisotopic (exact) mass is 681 g/mol. The number of carbonyl (C=O) groups excluding carboxylic acids is 1. The number of hydrogen-bond donors (Lipinski definition) is 2. The number of carbonyl (C=O) groups is 1. The quantitative estimate of drug-likeness (QED) is 0.141. The van der Waals surface area contributed by atoms with Crippen molar-refractivity contribution in [1.29, 1.82) is 0 Å². The SMILES string of the molecule is CC(C)N(Cc1ccccc1)S(=O)(=O)c1ccc(C(=O)Nc2nc(-c3ccc(Oc4ccc(-c5csc(N)n5)cc4)cc3)cs2)cc1. The minimum absolute atomic E-state index is 0.126. The van der Waals surface area contributed by atoms with Crippen molar-refractivity contribution in [3.63, 3.8) is 0 Å². The summed E-state index contributed by atoms with van der Waals surface area (Å²) in [5, 5.41) is 7.55. The van der Waals surface area contributed by atoms with E-state index in [1.807, 2.05) is 103 Å². The number of amides is 1. The molecule has 3 N–H and O–H groups in total. The highest BCUT2D eigenvalue weighted by Crippen LogP contribution is 2.30. The van der Waals surface area contributed by atoms with Gasteiger partial charge in [-0.1, -0.05) is 30.3 Å². The number of nitrogens with zero attached hydrogens (tertiary/aromatic N) is 3. The van der Waals surface area contributed by atoms with E-state index in [0.717, 1.165) is 22.4 Å². The lowest BCUT2D eigenvalue weighted by atomic mass is 10.1. The molecule has 6 rings (SSSR count). The van der Waals surface area contributed by atoms with Crippen molar-refractivity contribution >= 4 is 48.9 Å². The van der Waals surface area contributed by atoms with Crippen molar-refractivity contribution in [3.05, 3.63) is 125 Å². The van der Waals surface area contributed by atoms with Crippen LogP contribution in [0.15, 0.2) is 119 Å². The Hall–Kier alpha value is -4.88. The molecule has 0 saturated carbocycles. The second-order valence-electron chi connectivity index (χ2n) is 10.9. The van der Waals surface area contributed by atoms with Crippen LogP contribution in [-0.2, 0) is 16.6 Å². The molecule has 238 valence electrons. The highest BCUT2D eigenvalue weighted by Gasteiger charge is 2.27. The molecule has 0 unspecified atom stereocenters. The Morgan fingerprint density at radius 1 is 0.809 bits per heavy atom. The van der Waals surface area contributed by atoms with E-state index in [1.54, 1.807) is 0 Å². The van der Waals surface area contributed by atoms with Gasteiger partial charge < -0.3 is 10.5 Å². The molecule has 47 heavy (non-hydrogen) atoms. The molecule has 0 aliphatic heterocycles. The number of nitrogens with one attached hydrogen (secondary N) is 1. The molecular formula is C35H31N5O4S3. The van der Waals surface area contributed by atoms with Gasteiger partial charge in [0.15, 0.2) is 10.3 Å². The van der Waals surface area contributed by atoms with Crippen molar-refractivity contribution in [2.45, 2.75) is 31.3 Å². The lowest BCUT2D eigenvalue weighted by molar-refractivity contribution is 0.102. The van der Waals surface area contributed by atoms with Crippen molar-refractivity contribution in [3.8, 4) is 34.0 Å². The van der Waals surface area contributed by atoms with Crippen molar-refractivity contribution in [2.24, 2.45) is 0 Å². The van der Waals surface area contributed by atoms with Crippen LogP contribution in [0.3, 0.4) is 0 Å². The molecule has 12 heteroatoms. The number of hydrogen-bond acceptors (Lipinski definition) is 9. The Morgan fingerprint density at radius 2 is 1.38 bits per heavy atom. The van der Waals surface area contributed by atoms with Crippen LogP contribution >= 0.6 is 22.7 Å². The number of nitrogens with two attached hydrogens (primary N) is 1. The van der Waals surface area contributed by atoms with Gasteiger partial charge in [0.05, 0.1) is 16.3 Å². The van der Waals surface area contributed by atoms with Gasteiger partial charge in [-0.15, -0.1) is 22.7 Å². The zero-order valence-electron chi connectivity index (χ0n) is 25.5. The summed E-state index contributed by atoms with van der Waals surface area (Å²) >= 11 is 2.70. The predicted octanol–water partition coefficient (Wildman–Crippen LogP) is 8.16. The van der Waals surface area contributed by atoms with Gasteiger partial charge in [-0.3, -0.25) is 10.1 Å². The van der Waals surface area contributed by atoms with Gasteiger partial charge in [0.1, 0.15) is 11.5 Å². The summed E-state index contributed by atoms with van der Waals surface area (Å²) in [6, 6.07) is 30.3. The zero-order chi connectivity index (χ0) is 33.0. The van der Waals surface area contributed by atoms with Crippen molar-refractivity contribution < 1.29 is 17.9 Å². The number of ether oxygens (including phenoxy) is 1. The van der Waals surface area contributed by atoms with Crippen LogP contribution in [0.5, 0.6) is 11.5 Å². The molecule has 0 atom stereocenters. The Kier molecular flexibility index (Phi) is 9.45. The normalized spacial score (nSPS) is 11.6. The smallest absolute Gasteiger partial charge is 0.257 e. The van der Waals surface area contributed by atoms with E-state index in [0.29, 0.717) is 33.0 Å². The van der Waals surface area contributed by atoms with Gasteiger partial charge in [-0.2, -0.15) is 4.31 Å². The van der Waals surface area contributed by atoms with Crippen molar-refractivity contribution in [1.82, 2.24) is 14.3 Å². The number of sulfonamides is 1. The van der Waals surface area contributed by atoms with Crippen LogP contribution in [0.25, 0.3) is 22.5 Å². The predicted molar refractivity (Wildman–Crippen MR) is 188 cm³/mol. The standard InChI is InChI=1S/C35H31N5O4S3/c1-23(2)40(20-24-6-4-3-5-7-24)47(42,43)30-18-12-27(13-19-30)33(41)39-35-38-32(22-46-35)26-10-16-29(17-11-26)44-28-14-8-25(9-15-28)31-21-45-34(36)37-31/h3-19,21-23H,20H2,1-2H3,(H2,36,37)(H,38,39,41). The molecular weight excluding hydrogens is 651 g/mol. The fourth-order valence-electron chi connectivity index (χ4n) is 4.80. The summed E-state index contributed by atoms with van der Waals surface area (Å²) in [7, 11) is -3.78. The molecule has 4 aromatic carbocycles. The average Bonchev–Trinajstić information content (AvgIpc) is 3.74. The number of rotatable bonds is 11. The number of anilines is 2. The van der Waals surface area contributed by atoms with Crippen LogP contribution in [0.2, 0.25) is 0 Å². The molecule has 0 aliphatic rings. The van der Waals surface area contributed by atoms with E-state index < -0.39 is 10.0 Å². The molecule has 6 aromatic rings. The maximum Gasteiger partial charge on any atom is 0.257 e. The summed E-state index contributed by atoms with van der Waals surface area (Å²) in [4.78, 5) is 22.0. The molecule has 2 aromatic heterocycles. The fraction of sp³-hybridized carbons (Fsp3) is 0.114. The third-order valence-corrected chi connectivity index (χ3v) is 10.7. The first-order valence-electron chi connectivity index (χ1n) is 14.7. The number of aromatic nitrogens is 2. The molecule has 9 nitrogen and oxygen atoms in total. The highest BCUT2D eigenvalue weighted by molar-refractivity contribution is 7.89. The first kappa shape index (κ1) is 32.1. The number of thiazole rings is 2. The Morgan fingerprint density at radius 3 is 1.94 bits per heavy atom. The Labute approximate surface area is 281 Å². The third-order valence-electron chi connectivity index (χ3n) is 7.26. The van der Waals surface area contributed by atoms with Gasteiger partial charge in [-0.25, -0.2) is 18.4 Å². The largest absolute Gasteiger partial charge is 0.457 e. The molecule has 1 amide bonds. The maximum atomic E-state index is 13.5. The first-order valence-corrected chi connectivity index (χ1v) is 17.9. The van der Waals surface area contributed by atoms with E-state index in [9.17, 15) is 13.2 Å². The second-order valence-corrected chi connectivity index (χ2v) is 14.5. The molecule has 0 radical (unpaired) electrons. The van der Waals surface area contributed by atoms with Crippen LogP contribution in [0, 0.1) is 0 Å². The molecule has 2 heterocycles. The van der Waals surface area contributed by atoms with E-state index in [2.05, 4.69) is 15.3 Å². The summed E-state index contributed by atoms with van der Waals surface area (Å²) in [6.07, 6.45) is 0. The van der Waals surface area contributed by atoms with Crippen LogP contribution < -0.4 is 15.8 Å². The number of nitrogen functional groups attached to an aromatic ring is 1. The van der Waals surface area contributed by atoms with Gasteiger partial charge in [-0.05, 0) is 92.2 Å². The molecule has 0 fully saturated rings. The van der Waals surface area contributed by atoms with E-state index in [4.69, 9.17) is 10.5 Å². The molecule has 0 aliphatic carbocycles. The first-order chi connectivity index (χ1) is 22.7. The Balaban J connectivity index is 1.07. The summed E-state index contributed by atoms with van der Waals surface area (Å²) in [6.45, 7) is 3.94. The van der Waals surface area contributed by atoms with Crippen LogP contribution in [0.4, 0.5) is 10.3 Å². The number of benzene rings is 4. The van der Waals surface area contributed by atoms with E-state index in [1.165, 1.54) is 51.2 Å². The summed E-state index contributed by atoms with van der Waals surface area (Å²) < 4.78 is 34.4. The summed E-state index contributed by atoms with van der Waals surface area (Å²) in [5.41, 5.74) is 10.3. The van der Waals surface area contributed by atoms with Gasteiger partial charge in [0.2, 0.25) is 10.0 Å². The van der Waals surface area contributed by atoms with Crippen LogP contribution in [-0.4, -0.2) is 34.6 Å². The van der Waals surface area contributed by atoms with Crippen LogP contribution in [0.1, 0.15) is 29.8 Å². The molecule has 0 saturated heterocycles.